The number of aromatic amines is 1. The molecule has 19 heavy (non-hydrogen) atoms. The summed E-state index contributed by atoms with van der Waals surface area (Å²) in [5, 5.41) is 9.63. The van der Waals surface area contributed by atoms with Crippen LogP contribution in [0.4, 0.5) is 0 Å². The van der Waals surface area contributed by atoms with Gasteiger partial charge in [-0.1, -0.05) is 13.3 Å². The number of nitrogens with zero attached hydrogens (tertiary/aromatic N) is 1. The lowest BCUT2D eigenvalue weighted by Gasteiger charge is -2.20. The zero-order valence-electron chi connectivity index (χ0n) is 10.9. The van der Waals surface area contributed by atoms with E-state index in [0.717, 1.165) is 18.4 Å². The predicted molar refractivity (Wildman–Crippen MR) is 68.7 cm³/mol. The van der Waals surface area contributed by atoms with E-state index in [1.54, 1.807) is 7.05 Å². The SMILES string of the molecule is CCCCC1=CC(O)Oc2nc(ONC)[nH]c(=O)c21. The second-order valence-corrected chi connectivity index (χ2v) is 4.16. The van der Waals surface area contributed by atoms with Crippen molar-refractivity contribution in [3.63, 3.8) is 0 Å². The van der Waals surface area contributed by atoms with Gasteiger partial charge in [0.05, 0.1) is 0 Å². The molecule has 3 N–H and O–H groups in total. The van der Waals surface area contributed by atoms with E-state index in [9.17, 15) is 9.90 Å². The first-order chi connectivity index (χ1) is 9.15. The molecule has 2 rings (SSSR count). The maximum absolute atomic E-state index is 12.0. The van der Waals surface area contributed by atoms with E-state index >= 15 is 0 Å². The van der Waals surface area contributed by atoms with Crippen LogP contribution >= 0.6 is 0 Å². The van der Waals surface area contributed by atoms with Crippen LogP contribution in [0.5, 0.6) is 11.9 Å². The van der Waals surface area contributed by atoms with Gasteiger partial charge in [-0.25, -0.2) is 0 Å². The molecule has 0 amide bonds. The fourth-order valence-corrected chi connectivity index (χ4v) is 1.93. The summed E-state index contributed by atoms with van der Waals surface area (Å²) in [6, 6.07) is -0.00445. The van der Waals surface area contributed by atoms with Crippen LogP contribution in [0.3, 0.4) is 0 Å². The van der Waals surface area contributed by atoms with Crippen LogP contribution in [-0.4, -0.2) is 28.4 Å². The van der Waals surface area contributed by atoms with Crippen LogP contribution in [-0.2, 0) is 0 Å². The van der Waals surface area contributed by atoms with Crippen LogP contribution in [0.2, 0.25) is 0 Å². The molecule has 1 aromatic rings. The Morgan fingerprint density at radius 1 is 1.63 bits per heavy atom. The number of H-pyrrole nitrogens is 1. The van der Waals surface area contributed by atoms with Gasteiger partial charge >= 0.3 is 6.01 Å². The molecule has 0 fully saturated rings. The molecule has 0 radical (unpaired) electrons. The molecule has 1 aromatic heterocycles. The number of unbranched alkanes of at least 4 members (excludes halogenated alkanes) is 1. The van der Waals surface area contributed by atoms with E-state index in [4.69, 9.17) is 9.57 Å². The van der Waals surface area contributed by atoms with Crippen molar-refractivity contribution in [3.05, 3.63) is 22.0 Å². The van der Waals surface area contributed by atoms with Crippen LogP contribution in [0, 0.1) is 0 Å². The summed E-state index contributed by atoms with van der Waals surface area (Å²) in [4.78, 5) is 23.5. The van der Waals surface area contributed by atoms with Crippen molar-refractivity contribution >= 4 is 5.57 Å². The topological polar surface area (TPSA) is 96.5 Å². The van der Waals surface area contributed by atoms with Gasteiger partial charge in [0, 0.05) is 7.05 Å². The van der Waals surface area contributed by atoms with Crippen molar-refractivity contribution in [3.8, 4) is 11.9 Å². The lowest BCUT2D eigenvalue weighted by atomic mass is 10.0. The normalized spacial score (nSPS) is 17.4. The highest BCUT2D eigenvalue weighted by molar-refractivity contribution is 5.70. The van der Waals surface area contributed by atoms with Gasteiger partial charge in [-0.05, 0) is 24.5 Å². The summed E-state index contributed by atoms with van der Waals surface area (Å²) >= 11 is 0. The molecular weight excluding hydrogens is 250 g/mol. The molecule has 0 aromatic carbocycles. The Morgan fingerprint density at radius 3 is 3.11 bits per heavy atom. The molecule has 0 spiro atoms. The highest BCUT2D eigenvalue weighted by Crippen LogP contribution is 2.30. The zero-order chi connectivity index (χ0) is 13.8. The Morgan fingerprint density at radius 2 is 2.42 bits per heavy atom. The number of nitrogens with one attached hydrogen (secondary N) is 2. The van der Waals surface area contributed by atoms with Crippen molar-refractivity contribution in [1.29, 1.82) is 0 Å². The van der Waals surface area contributed by atoms with Gasteiger partial charge in [0.15, 0.2) is 0 Å². The van der Waals surface area contributed by atoms with E-state index in [1.165, 1.54) is 6.08 Å². The summed E-state index contributed by atoms with van der Waals surface area (Å²) in [5.41, 5.74) is 3.18. The molecule has 1 aliphatic rings. The highest BCUT2D eigenvalue weighted by atomic mass is 16.7. The van der Waals surface area contributed by atoms with Crippen molar-refractivity contribution < 1.29 is 14.7 Å². The van der Waals surface area contributed by atoms with E-state index < -0.39 is 6.29 Å². The van der Waals surface area contributed by atoms with Gasteiger partial charge in [0.2, 0.25) is 12.2 Å². The van der Waals surface area contributed by atoms with Gasteiger partial charge < -0.3 is 14.7 Å². The summed E-state index contributed by atoms with van der Waals surface area (Å²) in [5.74, 6) is 0.0927. The maximum atomic E-state index is 12.0. The lowest BCUT2D eigenvalue weighted by molar-refractivity contribution is 0.0173. The molecular formula is C12H17N3O4. The first kappa shape index (κ1) is 13.6. The molecule has 2 heterocycles. The Labute approximate surface area is 110 Å². The van der Waals surface area contributed by atoms with E-state index in [1.807, 2.05) is 0 Å². The zero-order valence-corrected chi connectivity index (χ0v) is 10.9. The third kappa shape index (κ3) is 2.94. The van der Waals surface area contributed by atoms with Crippen LogP contribution in [0.25, 0.3) is 5.57 Å². The number of fused-ring (bicyclic) bond motifs is 1. The van der Waals surface area contributed by atoms with Crippen molar-refractivity contribution in [1.82, 2.24) is 15.4 Å². The van der Waals surface area contributed by atoms with Crippen LogP contribution < -0.4 is 20.6 Å². The minimum absolute atomic E-state index is 0.00445. The second kappa shape index (κ2) is 5.85. The number of aliphatic hydroxyl groups excluding tert-OH is 1. The minimum Gasteiger partial charge on any atom is -0.443 e. The number of ether oxygens (including phenoxy) is 1. The van der Waals surface area contributed by atoms with Gasteiger partial charge in [-0.2, -0.15) is 10.5 Å². The summed E-state index contributed by atoms with van der Waals surface area (Å²) in [7, 11) is 1.54. The number of hydrogen-bond acceptors (Lipinski definition) is 6. The molecule has 0 saturated carbocycles. The van der Waals surface area contributed by atoms with Crippen LogP contribution in [0.1, 0.15) is 31.7 Å². The Kier molecular flexibility index (Phi) is 4.18. The quantitative estimate of drug-likeness (QED) is 0.675. The first-order valence-electron chi connectivity index (χ1n) is 6.19. The largest absolute Gasteiger partial charge is 0.443 e. The second-order valence-electron chi connectivity index (χ2n) is 4.16. The van der Waals surface area contributed by atoms with Crippen molar-refractivity contribution in [2.45, 2.75) is 32.5 Å². The average Bonchev–Trinajstić information content (AvgIpc) is 2.35. The molecule has 0 saturated heterocycles. The third-order valence-electron chi connectivity index (χ3n) is 2.76. The minimum atomic E-state index is -1.09. The average molecular weight is 267 g/mol. The van der Waals surface area contributed by atoms with E-state index in [-0.39, 0.29) is 17.4 Å². The maximum Gasteiger partial charge on any atom is 0.319 e. The molecule has 1 unspecified atom stereocenters. The Hall–Kier alpha value is -1.86. The monoisotopic (exact) mass is 267 g/mol. The number of rotatable bonds is 5. The van der Waals surface area contributed by atoms with Gasteiger partial charge in [-0.15, -0.1) is 0 Å². The summed E-state index contributed by atoms with van der Waals surface area (Å²) in [6.07, 6.45) is 3.06. The molecule has 0 aliphatic carbocycles. The van der Waals surface area contributed by atoms with E-state index in [0.29, 0.717) is 12.0 Å². The highest BCUT2D eigenvalue weighted by Gasteiger charge is 2.24. The number of hydroxylamine groups is 1. The lowest BCUT2D eigenvalue weighted by Crippen LogP contribution is -2.26. The van der Waals surface area contributed by atoms with Crippen molar-refractivity contribution in [2.24, 2.45) is 0 Å². The van der Waals surface area contributed by atoms with Gasteiger partial charge in [-0.3, -0.25) is 9.78 Å². The van der Waals surface area contributed by atoms with Crippen LogP contribution in [0.15, 0.2) is 10.9 Å². The molecule has 1 aliphatic heterocycles. The number of aliphatic hydroxyl groups is 1. The molecule has 7 nitrogen and oxygen atoms in total. The smallest absolute Gasteiger partial charge is 0.319 e. The van der Waals surface area contributed by atoms with Gasteiger partial charge in [0.25, 0.3) is 5.56 Å². The molecule has 7 heteroatoms. The fourth-order valence-electron chi connectivity index (χ4n) is 1.93. The molecule has 1 atom stereocenters. The van der Waals surface area contributed by atoms with Gasteiger partial charge in [0.1, 0.15) is 5.56 Å². The Balaban J connectivity index is 2.41. The number of aromatic nitrogens is 2. The third-order valence-corrected chi connectivity index (χ3v) is 2.76. The number of hydrogen-bond donors (Lipinski definition) is 3. The number of allylic oxidation sites excluding steroid dienone is 1. The first-order valence-corrected chi connectivity index (χ1v) is 6.19. The summed E-state index contributed by atoms with van der Waals surface area (Å²) in [6.45, 7) is 2.06. The molecule has 104 valence electrons. The predicted octanol–water partition coefficient (Wildman–Crippen LogP) is 0.568. The van der Waals surface area contributed by atoms with Crippen molar-refractivity contribution in [2.75, 3.05) is 7.05 Å². The Bertz CT molecular complexity index is 538. The standard InChI is InChI=1S/C12H17N3O4/c1-3-4-5-7-6-8(16)18-11-9(7)10(17)14-12(15-11)19-13-2/h6,8,13,16H,3-5H2,1-2H3,(H,14,15,17). The fraction of sp³-hybridized carbons (Fsp3) is 0.500. The van der Waals surface area contributed by atoms with E-state index in [2.05, 4.69) is 22.4 Å². The molecule has 0 bridgehead atoms. The summed E-state index contributed by atoms with van der Waals surface area (Å²) < 4.78 is 5.15.